The number of ether oxygens (including phenoxy) is 2. The first-order valence-corrected chi connectivity index (χ1v) is 7.20. The van der Waals surface area contributed by atoms with E-state index in [0.29, 0.717) is 0 Å². The van der Waals surface area contributed by atoms with Gasteiger partial charge in [0.05, 0.1) is 29.2 Å². The van der Waals surface area contributed by atoms with Gasteiger partial charge in [-0.3, -0.25) is 4.55 Å². The van der Waals surface area contributed by atoms with E-state index in [-0.39, 0.29) is 75.7 Å². The molecule has 0 aliphatic heterocycles. The number of carbonyl (C=O) groups is 2. The number of carbonyl (C=O) groups excluding carboxylic acids is 2. The molecule has 0 bridgehead atoms. The summed E-state index contributed by atoms with van der Waals surface area (Å²) >= 11 is 0. The molecule has 9 heteroatoms. The maximum absolute atomic E-state index is 11.6. The van der Waals surface area contributed by atoms with Crippen molar-refractivity contribution in [2.45, 2.75) is 18.7 Å². The van der Waals surface area contributed by atoms with E-state index in [2.05, 4.69) is 0 Å². The number of rotatable bonds is 5. The molecule has 0 atom stereocenters. The van der Waals surface area contributed by atoms with E-state index >= 15 is 0 Å². The van der Waals surface area contributed by atoms with Crippen LogP contribution in [0.3, 0.4) is 0 Å². The molecule has 21 heavy (non-hydrogen) atoms. The second-order valence-electron chi connectivity index (χ2n) is 3.66. The molecule has 0 saturated carbocycles. The van der Waals surface area contributed by atoms with Crippen molar-refractivity contribution in [3.05, 3.63) is 29.3 Å². The van der Waals surface area contributed by atoms with E-state index in [9.17, 15) is 18.0 Å². The molecule has 0 unspecified atom stereocenters. The zero-order chi connectivity index (χ0) is 15.3. The van der Waals surface area contributed by atoms with Crippen molar-refractivity contribution < 1.29 is 32.0 Å². The SMILES string of the molecule is CCOC(=O)c1cc(C(=O)OCC)cc(S(=O)(=O)O)c1.[KH]. The van der Waals surface area contributed by atoms with Gasteiger partial charge in [-0.15, -0.1) is 0 Å². The molecule has 1 N–H and O–H groups in total. The molecule has 0 aromatic heterocycles. The van der Waals surface area contributed by atoms with Crippen molar-refractivity contribution in [3.8, 4) is 0 Å². The Morgan fingerprint density at radius 2 is 1.38 bits per heavy atom. The number of hydrogen-bond donors (Lipinski definition) is 1. The summed E-state index contributed by atoms with van der Waals surface area (Å²) in [6.07, 6.45) is 0. The summed E-state index contributed by atoms with van der Waals surface area (Å²) < 4.78 is 40.8. The standard InChI is InChI=1S/C12H14O7S.K.H/c1-3-18-11(13)8-5-9(12(14)19-4-2)7-10(6-8)20(15,16)17;;/h5-7H,3-4H2,1-2H3,(H,15,16,17);;. The first-order valence-electron chi connectivity index (χ1n) is 5.76. The van der Waals surface area contributed by atoms with Crippen LogP contribution in [-0.4, -0.2) is 89.5 Å². The Morgan fingerprint density at radius 3 is 1.67 bits per heavy atom. The maximum atomic E-state index is 11.6. The number of hydrogen-bond acceptors (Lipinski definition) is 6. The molecule has 0 amide bonds. The summed E-state index contributed by atoms with van der Waals surface area (Å²) in [7, 11) is -4.56. The first kappa shape index (κ1) is 20.7. The van der Waals surface area contributed by atoms with Crippen LogP contribution < -0.4 is 0 Å². The van der Waals surface area contributed by atoms with Gasteiger partial charge in [0.1, 0.15) is 0 Å². The van der Waals surface area contributed by atoms with Gasteiger partial charge in [-0.05, 0) is 32.0 Å². The van der Waals surface area contributed by atoms with Crippen LogP contribution in [0.4, 0.5) is 0 Å². The predicted molar refractivity (Wildman–Crippen MR) is 75.3 cm³/mol. The van der Waals surface area contributed by atoms with Crippen LogP contribution in [0.2, 0.25) is 0 Å². The van der Waals surface area contributed by atoms with Crippen molar-refractivity contribution >= 4 is 73.4 Å². The summed E-state index contributed by atoms with van der Waals surface area (Å²) in [5.74, 6) is -1.60. The van der Waals surface area contributed by atoms with Gasteiger partial charge in [0.15, 0.2) is 0 Å². The van der Waals surface area contributed by atoms with Gasteiger partial charge in [-0.25, -0.2) is 9.59 Å². The third kappa shape index (κ3) is 6.15. The predicted octanol–water partition coefficient (Wildman–Crippen LogP) is 0.638. The van der Waals surface area contributed by atoms with E-state index in [1.165, 1.54) is 0 Å². The van der Waals surface area contributed by atoms with E-state index in [0.717, 1.165) is 18.2 Å². The van der Waals surface area contributed by atoms with Crippen LogP contribution in [0.1, 0.15) is 34.6 Å². The average molecular weight is 342 g/mol. The molecule has 0 fully saturated rings. The number of esters is 2. The van der Waals surface area contributed by atoms with Gasteiger partial charge in [-0.1, -0.05) is 0 Å². The Labute approximate surface area is 165 Å². The second-order valence-corrected chi connectivity index (χ2v) is 5.08. The van der Waals surface area contributed by atoms with E-state index in [4.69, 9.17) is 14.0 Å². The van der Waals surface area contributed by atoms with E-state index < -0.39 is 27.0 Å². The van der Waals surface area contributed by atoms with Gasteiger partial charge < -0.3 is 9.47 Å². The third-order valence-corrected chi connectivity index (χ3v) is 3.06. The first-order chi connectivity index (χ1) is 9.29. The molecule has 1 rings (SSSR count). The van der Waals surface area contributed by atoms with Gasteiger partial charge >= 0.3 is 63.3 Å². The molecule has 1 aromatic carbocycles. The Morgan fingerprint density at radius 1 is 1.00 bits per heavy atom. The Bertz CT molecular complexity index is 588. The monoisotopic (exact) mass is 342 g/mol. The average Bonchev–Trinajstić information content (AvgIpc) is 2.37. The second kappa shape index (κ2) is 8.98. The molecule has 0 aliphatic rings. The fourth-order valence-corrected chi connectivity index (χ4v) is 1.96. The van der Waals surface area contributed by atoms with Crippen molar-refractivity contribution in [2.75, 3.05) is 13.2 Å². The molecular formula is C12H15KO7S. The van der Waals surface area contributed by atoms with Crippen LogP contribution in [0.25, 0.3) is 0 Å². The molecule has 0 saturated heterocycles. The fourth-order valence-electron chi connectivity index (χ4n) is 1.41. The Balaban J connectivity index is 0.00000400. The van der Waals surface area contributed by atoms with Gasteiger partial charge in [0, 0.05) is 0 Å². The van der Waals surface area contributed by atoms with Crippen molar-refractivity contribution in [3.63, 3.8) is 0 Å². The molecule has 1 aromatic rings. The normalized spacial score (nSPS) is 10.4. The minimum absolute atomic E-state index is 0. The minimum atomic E-state index is -4.56. The van der Waals surface area contributed by atoms with Crippen LogP contribution in [0.15, 0.2) is 23.1 Å². The van der Waals surface area contributed by atoms with Crippen molar-refractivity contribution in [1.82, 2.24) is 0 Å². The summed E-state index contributed by atoms with van der Waals surface area (Å²) in [6.45, 7) is 3.33. The molecule has 112 valence electrons. The molecule has 7 nitrogen and oxygen atoms in total. The topological polar surface area (TPSA) is 107 Å². The Kier molecular flexibility index (Phi) is 8.86. The zero-order valence-electron chi connectivity index (χ0n) is 11.0. The van der Waals surface area contributed by atoms with Crippen LogP contribution in [0.5, 0.6) is 0 Å². The van der Waals surface area contributed by atoms with Crippen molar-refractivity contribution in [1.29, 1.82) is 0 Å². The fraction of sp³-hybridized carbons (Fsp3) is 0.333. The van der Waals surface area contributed by atoms with Gasteiger partial charge in [0.25, 0.3) is 10.1 Å². The van der Waals surface area contributed by atoms with Crippen molar-refractivity contribution in [2.24, 2.45) is 0 Å². The Hall–Kier alpha value is -0.294. The van der Waals surface area contributed by atoms with Gasteiger partial charge in [0.2, 0.25) is 0 Å². The van der Waals surface area contributed by atoms with E-state index in [1.807, 2.05) is 0 Å². The van der Waals surface area contributed by atoms with Gasteiger partial charge in [-0.2, -0.15) is 8.42 Å². The summed E-state index contributed by atoms with van der Waals surface area (Å²) in [5.41, 5.74) is -0.324. The zero-order valence-corrected chi connectivity index (χ0v) is 11.8. The third-order valence-electron chi connectivity index (χ3n) is 2.23. The van der Waals surface area contributed by atoms with E-state index in [1.54, 1.807) is 13.8 Å². The molecule has 0 spiro atoms. The molecular weight excluding hydrogens is 327 g/mol. The molecule has 0 heterocycles. The van der Waals surface area contributed by atoms with Crippen LogP contribution >= 0.6 is 0 Å². The summed E-state index contributed by atoms with van der Waals surface area (Å²) in [6, 6.07) is 3.00. The summed E-state index contributed by atoms with van der Waals surface area (Å²) in [4.78, 5) is 22.6. The summed E-state index contributed by atoms with van der Waals surface area (Å²) in [5, 5.41) is 0. The van der Waals surface area contributed by atoms with Crippen LogP contribution in [0, 0.1) is 0 Å². The number of benzene rings is 1. The molecule has 0 aliphatic carbocycles. The van der Waals surface area contributed by atoms with Crippen LogP contribution in [-0.2, 0) is 19.6 Å². The quantitative estimate of drug-likeness (QED) is 0.475. The molecule has 0 radical (unpaired) electrons.